The van der Waals surface area contributed by atoms with Crippen LogP contribution in [0.25, 0.3) is 0 Å². The van der Waals surface area contributed by atoms with E-state index >= 15 is 0 Å². The fourth-order valence-electron chi connectivity index (χ4n) is 3.11. The first-order valence-electron chi connectivity index (χ1n) is 8.78. The molecule has 3 amide bonds. The molecule has 0 spiro atoms. The maximum atomic E-state index is 12.6. The standard InChI is InChI=1S/C18H25N3O4/c1-13-12-21(7-10-25-13)17(22)14-3-2-4-16(11-14)20-18(23)19-15-5-8-24-9-6-15/h2-4,11,13,15H,5-10,12H2,1H3,(H2,19,20,23). The normalized spacial score (nSPS) is 21.6. The molecular formula is C18H25N3O4. The van der Waals surface area contributed by atoms with Crippen LogP contribution >= 0.6 is 0 Å². The number of hydrogen-bond acceptors (Lipinski definition) is 4. The number of morpholine rings is 1. The van der Waals surface area contributed by atoms with Crippen LogP contribution in [0, 0.1) is 0 Å². The lowest BCUT2D eigenvalue weighted by molar-refractivity contribution is -0.0124. The Labute approximate surface area is 147 Å². The maximum absolute atomic E-state index is 12.6. The number of nitrogens with zero attached hydrogens (tertiary/aromatic N) is 1. The van der Waals surface area contributed by atoms with Gasteiger partial charge >= 0.3 is 6.03 Å². The van der Waals surface area contributed by atoms with Crippen molar-refractivity contribution in [3.63, 3.8) is 0 Å². The van der Waals surface area contributed by atoms with Gasteiger partial charge < -0.3 is 25.0 Å². The van der Waals surface area contributed by atoms with Crippen LogP contribution in [0.1, 0.15) is 30.1 Å². The number of carbonyl (C=O) groups is 2. The molecule has 0 aliphatic carbocycles. The zero-order valence-electron chi connectivity index (χ0n) is 14.5. The van der Waals surface area contributed by atoms with Crippen molar-refractivity contribution in [2.75, 3.05) is 38.2 Å². The van der Waals surface area contributed by atoms with Gasteiger partial charge in [0.15, 0.2) is 0 Å². The summed E-state index contributed by atoms with van der Waals surface area (Å²) in [6.07, 6.45) is 1.69. The van der Waals surface area contributed by atoms with Gasteiger partial charge in [0.1, 0.15) is 0 Å². The first kappa shape index (κ1) is 17.7. The van der Waals surface area contributed by atoms with Crippen molar-refractivity contribution in [3.05, 3.63) is 29.8 Å². The highest BCUT2D eigenvalue weighted by Gasteiger charge is 2.23. The Morgan fingerprint density at radius 3 is 2.76 bits per heavy atom. The highest BCUT2D eigenvalue weighted by Crippen LogP contribution is 2.15. The molecule has 3 rings (SSSR count). The quantitative estimate of drug-likeness (QED) is 0.874. The number of amides is 3. The number of ether oxygens (including phenoxy) is 2. The molecule has 2 heterocycles. The zero-order valence-corrected chi connectivity index (χ0v) is 14.5. The van der Waals surface area contributed by atoms with Crippen molar-refractivity contribution < 1.29 is 19.1 Å². The summed E-state index contributed by atoms with van der Waals surface area (Å²) >= 11 is 0. The molecule has 25 heavy (non-hydrogen) atoms. The summed E-state index contributed by atoms with van der Waals surface area (Å²) in [6, 6.07) is 6.92. The van der Waals surface area contributed by atoms with Gasteiger partial charge in [-0.1, -0.05) is 6.07 Å². The van der Waals surface area contributed by atoms with E-state index in [1.807, 2.05) is 6.92 Å². The predicted molar refractivity (Wildman–Crippen MR) is 93.8 cm³/mol. The lowest BCUT2D eigenvalue weighted by Gasteiger charge is -2.31. The number of nitrogens with one attached hydrogen (secondary N) is 2. The fraction of sp³-hybridized carbons (Fsp3) is 0.556. The maximum Gasteiger partial charge on any atom is 0.319 e. The van der Waals surface area contributed by atoms with E-state index in [0.717, 1.165) is 12.8 Å². The molecule has 7 nitrogen and oxygen atoms in total. The van der Waals surface area contributed by atoms with Gasteiger partial charge in [-0.05, 0) is 38.0 Å². The van der Waals surface area contributed by atoms with Crippen molar-refractivity contribution in [2.24, 2.45) is 0 Å². The van der Waals surface area contributed by atoms with Crippen molar-refractivity contribution in [2.45, 2.75) is 31.9 Å². The average molecular weight is 347 g/mol. The van der Waals surface area contributed by atoms with Crippen LogP contribution < -0.4 is 10.6 Å². The molecular weight excluding hydrogens is 322 g/mol. The molecule has 0 aromatic heterocycles. The number of hydrogen-bond donors (Lipinski definition) is 2. The molecule has 1 aromatic rings. The zero-order chi connectivity index (χ0) is 17.6. The first-order valence-corrected chi connectivity index (χ1v) is 8.78. The van der Waals surface area contributed by atoms with Crippen LogP contribution in [0.4, 0.5) is 10.5 Å². The van der Waals surface area contributed by atoms with E-state index < -0.39 is 0 Å². The van der Waals surface area contributed by atoms with Crippen LogP contribution in [0.15, 0.2) is 24.3 Å². The number of benzene rings is 1. The van der Waals surface area contributed by atoms with E-state index in [9.17, 15) is 9.59 Å². The summed E-state index contributed by atoms with van der Waals surface area (Å²) in [7, 11) is 0. The molecule has 0 radical (unpaired) electrons. The van der Waals surface area contributed by atoms with E-state index in [0.29, 0.717) is 44.2 Å². The first-order chi connectivity index (χ1) is 12.1. The minimum atomic E-state index is -0.253. The molecule has 2 fully saturated rings. The summed E-state index contributed by atoms with van der Waals surface area (Å²) in [5.74, 6) is -0.0383. The molecule has 1 unspecified atom stereocenters. The van der Waals surface area contributed by atoms with E-state index in [2.05, 4.69) is 10.6 Å². The van der Waals surface area contributed by atoms with Crippen LogP contribution in [0.5, 0.6) is 0 Å². The third-order valence-electron chi connectivity index (χ3n) is 4.45. The number of rotatable bonds is 3. The van der Waals surface area contributed by atoms with Gasteiger partial charge in [0.25, 0.3) is 5.91 Å². The van der Waals surface area contributed by atoms with Gasteiger partial charge in [0, 0.05) is 43.6 Å². The molecule has 7 heteroatoms. The molecule has 0 bridgehead atoms. The van der Waals surface area contributed by atoms with E-state index in [1.165, 1.54) is 0 Å². The number of carbonyl (C=O) groups excluding carboxylic acids is 2. The number of urea groups is 1. The summed E-state index contributed by atoms with van der Waals surface area (Å²) in [4.78, 5) is 26.5. The lowest BCUT2D eigenvalue weighted by Crippen LogP contribution is -2.44. The van der Waals surface area contributed by atoms with Gasteiger partial charge in [-0.25, -0.2) is 4.79 Å². The van der Waals surface area contributed by atoms with Gasteiger partial charge in [-0.3, -0.25) is 4.79 Å². The smallest absolute Gasteiger partial charge is 0.319 e. The summed E-state index contributed by atoms with van der Waals surface area (Å²) in [6.45, 7) is 5.03. The Hall–Kier alpha value is -2.12. The summed E-state index contributed by atoms with van der Waals surface area (Å²) in [5.41, 5.74) is 1.18. The molecule has 2 N–H and O–H groups in total. The summed E-state index contributed by atoms with van der Waals surface area (Å²) < 4.78 is 10.8. The molecule has 2 aliphatic heterocycles. The monoisotopic (exact) mass is 347 g/mol. The van der Waals surface area contributed by atoms with Crippen LogP contribution in [-0.2, 0) is 9.47 Å². The van der Waals surface area contributed by atoms with Crippen molar-refractivity contribution >= 4 is 17.6 Å². The van der Waals surface area contributed by atoms with Gasteiger partial charge in [0.2, 0.25) is 0 Å². The lowest BCUT2D eigenvalue weighted by atomic mass is 10.1. The summed E-state index contributed by atoms with van der Waals surface area (Å²) in [5, 5.41) is 5.75. The van der Waals surface area contributed by atoms with E-state index in [4.69, 9.17) is 9.47 Å². The Morgan fingerprint density at radius 1 is 1.20 bits per heavy atom. The minimum absolute atomic E-state index is 0.0383. The average Bonchev–Trinajstić information content (AvgIpc) is 2.62. The van der Waals surface area contributed by atoms with Crippen LogP contribution in [0.3, 0.4) is 0 Å². The Bertz CT molecular complexity index is 616. The van der Waals surface area contributed by atoms with Gasteiger partial charge in [0.05, 0.1) is 12.7 Å². The fourth-order valence-corrected chi connectivity index (χ4v) is 3.11. The second-order valence-corrected chi connectivity index (χ2v) is 6.50. The van der Waals surface area contributed by atoms with Crippen LogP contribution in [-0.4, -0.2) is 61.9 Å². The number of anilines is 1. The molecule has 1 atom stereocenters. The third-order valence-corrected chi connectivity index (χ3v) is 4.45. The van der Waals surface area contributed by atoms with Crippen LogP contribution in [0.2, 0.25) is 0 Å². The van der Waals surface area contributed by atoms with Crippen molar-refractivity contribution in [3.8, 4) is 0 Å². The second kappa shape index (κ2) is 8.31. The molecule has 2 saturated heterocycles. The molecule has 1 aromatic carbocycles. The molecule has 2 aliphatic rings. The Morgan fingerprint density at radius 2 is 2.00 bits per heavy atom. The van der Waals surface area contributed by atoms with Crippen molar-refractivity contribution in [1.29, 1.82) is 0 Å². The van der Waals surface area contributed by atoms with Gasteiger partial charge in [-0.15, -0.1) is 0 Å². The Balaban J connectivity index is 1.58. The predicted octanol–water partition coefficient (Wildman–Crippen LogP) is 1.85. The molecule has 0 saturated carbocycles. The SMILES string of the molecule is CC1CN(C(=O)c2cccc(NC(=O)NC3CCOCC3)c2)CCO1. The second-order valence-electron chi connectivity index (χ2n) is 6.50. The largest absolute Gasteiger partial charge is 0.381 e. The van der Waals surface area contributed by atoms with Gasteiger partial charge in [-0.2, -0.15) is 0 Å². The van der Waals surface area contributed by atoms with E-state index in [1.54, 1.807) is 29.2 Å². The van der Waals surface area contributed by atoms with E-state index in [-0.39, 0.29) is 24.1 Å². The van der Waals surface area contributed by atoms with Crippen molar-refractivity contribution in [1.82, 2.24) is 10.2 Å². The molecule has 136 valence electrons. The topological polar surface area (TPSA) is 79.9 Å². The highest BCUT2D eigenvalue weighted by atomic mass is 16.5. The Kier molecular flexibility index (Phi) is 5.88. The highest BCUT2D eigenvalue weighted by molar-refractivity contribution is 5.97. The minimum Gasteiger partial charge on any atom is -0.381 e. The third kappa shape index (κ3) is 4.93.